The molecule has 2 aromatic heterocycles. The third-order valence-corrected chi connectivity index (χ3v) is 3.72. The standard InChI is InChI=1S/C14H9Br2N3O/c15-10-4-9(5-11(16)6-10)13-12(14(17)20-19-13)8-2-1-3-18-7-8/h1-7H,17H2. The Morgan fingerprint density at radius 1 is 1.05 bits per heavy atom. The summed E-state index contributed by atoms with van der Waals surface area (Å²) < 4.78 is 7.04. The van der Waals surface area contributed by atoms with E-state index in [2.05, 4.69) is 42.0 Å². The van der Waals surface area contributed by atoms with E-state index in [1.807, 2.05) is 30.3 Å². The zero-order chi connectivity index (χ0) is 14.1. The van der Waals surface area contributed by atoms with Crippen molar-refractivity contribution in [1.82, 2.24) is 10.1 Å². The van der Waals surface area contributed by atoms with Crippen LogP contribution in [0.25, 0.3) is 22.4 Å². The Kier molecular flexibility index (Phi) is 3.58. The van der Waals surface area contributed by atoms with Crippen LogP contribution < -0.4 is 5.73 Å². The predicted octanol–water partition coefficient (Wildman–Crippen LogP) is 4.51. The number of nitrogen functional groups attached to an aromatic ring is 1. The lowest BCUT2D eigenvalue weighted by Crippen LogP contribution is -1.88. The van der Waals surface area contributed by atoms with E-state index in [4.69, 9.17) is 10.3 Å². The quantitative estimate of drug-likeness (QED) is 0.694. The van der Waals surface area contributed by atoms with Crippen molar-refractivity contribution < 1.29 is 4.52 Å². The van der Waals surface area contributed by atoms with Crippen LogP contribution in [0.15, 0.2) is 56.2 Å². The van der Waals surface area contributed by atoms with Crippen molar-refractivity contribution in [2.24, 2.45) is 0 Å². The number of hydrogen-bond donors (Lipinski definition) is 1. The molecule has 0 bridgehead atoms. The van der Waals surface area contributed by atoms with Gasteiger partial charge in [-0.1, -0.05) is 43.1 Å². The Morgan fingerprint density at radius 3 is 2.45 bits per heavy atom. The molecule has 4 nitrogen and oxygen atoms in total. The Bertz CT molecular complexity index is 736. The van der Waals surface area contributed by atoms with E-state index < -0.39 is 0 Å². The van der Waals surface area contributed by atoms with Crippen molar-refractivity contribution in [1.29, 1.82) is 0 Å². The Morgan fingerprint density at radius 2 is 1.80 bits per heavy atom. The second kappa shape index (κ2) is 5.38. The van der Waals surface area contributed by atoms with E-state index in [1.54, 1.807) is 12.4 Å². The minimum absolute atomic E-state index is 0.282. The first kappa shape index (κ1) is 13.3. The van der Waals surface area contributed by atoms with Gasteiger partial charge in [0.1, 0.15) is 5.69 Å². The first-order valence-corrected chi connectivity index (χ1v) is 7.36. The molecule has 2 heterocycles. The van der Waals surface area contributed by atoms with E-state index in [9.17, 15) is 0 Å². The molecule has 0 saturated heterocycles. The van der Waals surface area contributed by atoms with E-state index >= 15 is 0 Å². The van der Waals surface area contributed by atoms with Crippen molar-refractivity contribution in [3.05, 3.63) is 51.7 Å². The Labute approximate surface area is 132 Å². The summed E-state index contributed by atoms with van der Waals surface area (Å²) in [5.74, 6) is 0.282. The highest BCUT2D eigenvalue weighted by molar-refractivity contribution is 9.11. The summed E-state index contributed by atoms with van der Waals surface area (Å²) in [6.07, 6.45) is 3.45. The fourth-order valence-corrected chi connectivity index (χ4v) is 3.27. The van der Waals surface area contributed by atoms with E-state index in [0.717, 1.165) is 25.6 Å². The van der Waals surface area contributed by atoms with Crippen molar-refractivity contribution in [3.63, 3.8) is 0 Å². The van der Waals surface area contributed by atoms with E-state index in [0.29, 0.717) is 5.69 Å². The number of pyridine rings is 1. The molecule has 0 radical (unpaired) electrons. The second-order valence-corrected chi connectivity index (χ2v) is 6.00. The first-order valence-electron chi connectivity index (χ1n) is 5.77. The smallest absolute Gasteiger partial charge is 0.230 e. The van der Waals surface area contributed by atoms with Gasteiger partial charge in [-0.2, -0.15) is 0 Å². The summed E-state index contributed by atoms with van der Waals surface area (Å²) in [7, 11) is 0. The van der Waals surface area contributed by atoms with Crippen LogP contribution in [-0.4, -0.2) is 10.1 Å². The molecule has 1 aromatic carbocycles. The molecule has 0 spiro atoms. The highest BCUT2D eigenvalue weighted by Crippen LogP contribution is 2.37. The number of anilines is 1. The van der Waals surface area contributed by atoms with Gasteiger partial charge in [-0.3, -0.25) is 4.98 Å². The molecule has 0 fully saturated rings. The monoisotopic (exact) mass is 393 g/mol. The van der Waals surface area contributed by atoms with Crippen LogP contribution >= 0.6 is 31.9 Å². The number of hydrogen-bond acceptors (Lipinski definition) is 4. The van der Waals surface area contributed by atoms with Crippen LogP contribution in [0.3, 0.4) is 0 Å². The molecular formula is C14H9Br2N3O. The van der Waals surface area contributed by atoms with Gasteiger partial charge >= 0.3 is 0 Å². The molecule has 20 heavy (non-hydrogen) atoms. The molecule has 6 heteroatoms. The molecule has 0 amide bonds. The highest BCUT2D eigenvalue weighted by atomic mass is 79.9. The van der Waals surface area contributed by atoms with Gasteiger partial charge in [0.25, 0.3) is 0 Å². The van der Waals surface area contributed by atoms with Crippen molar-refractivity contribution >= 4 is 37.7 Å². The maximum atomic E-state index is 5.91. The lowest BCUT2D eigenvalue weighted by Gasteiger charge is -2.04. The zero-order valence-corrected chi connectivity index (χ0v) is 13.3. The van der Waals surface area contributed by atoms with Crippen LogP contribution in [0.4, 0.5) is 5.88 Å². The maximum absolute atomic E-state index is 5.91. The zero-order valence-electron chi connectivity index (χ0n) is 10.2. The van der Waals surface area contributed by atoms with Gasteiger partial charge in [0.15, 0.2) is 0 Å². The third-order valence-electron chi connectivity index (χ3n) is 2.80. The van der Waals surface area contributed by atoms with Gasteiger partial charge in [-0.05, 0) is 24.3 Å². The molecule has 0 aliphatic heterocycles. The lowest BCUT2D eigenvalue weighted by molar-refractivity contribution is 0.439. The third kappa shape index (κ3) is 2.48. The molecule has 0 saturated carbocycles. The van der Waals surface area contributed by atoms with E-state index in [-0.39, 0.29) is 5.88 Å². The van der Waals surface area contributed by atoms with Gasteiger partial charge in [0.2, 0.25) is 5.88 Å². The SMILES string of the molecule is Nc1onc(-c2cc(Br)cc(Br)c2)c1-c1cccnc1. The fourth-order valence-electron chi connectivity index (χ4n) is 1.98. The average Bonchev–Trinajstić information content (AvgIpc) is 2.80. The highest BCUT2D eigenvalue weighted by Gasteiger charge is 2.18. The summed E-state index contributed by atoms with van der Waals surface area (Å²) >= 11 is 6.93. The number of nitrogens with zero attached hydrogens (tertiary/aromatic N) is 2. The van der Waals surface area contributed by atoms with Crippen molar-refractivity contribution in [3.8, 4) is 22.4 Å². The minimum Gasteiger partial charge on any atom is -0.367 e. The number of benzene rings is 1. The largest absolute Gasteiger partial charge is 0.367 e. The van der Waals surface area contributed by atoms with Crippen LogP contribution in [0.2, 0.25) is 0 Å². The molecule has 3 aromatic rings. The number of rotatable bonds is 2. The predicted molar refractivity (Wildman–Crippen MR) is 85.0 cm³/mol. The fraction of sp³-hybridized carbons (Fsp3) is 0. The summed E-state index contributed by atoms with van der Waals surface area (Å²) in [5.41, 5.74) is 9.13. The molecule has 100 valence electrons. The average molecular weight is 395 g/mol. The molecule has 0 aliphatic rings. The molecule has 0 unspecified atom stereocenters. The van der Waals surface area contributed by atoms with Gasteiger partial charge < -0.3 is 10.3 Å². The van der Waals surface area contributed by atoms with Gasteiger partial charge in [0, 0.05) is 32.5 Å². The molecular weight excluding hydrogens is 386 g/mol. The maximum Gasteiger partial charge on any atom is 0.230 e. The number of nitrogens with two attached hydrogens (primary N) is 1. The minimum atomic E-state index is 0.282. The Balaban J connectivity index is 2.21. The van der Waals surface area contributed by atoms with E-state index in [1.165, 1.54) is 0 Å². The van der Waals surface area contributed by atoms with Gasteiger partial charge in [-0.15, -0.1) is 0 Å². The Hall–Kier alpha value is -1.66. The summed E-state index contributed by atoms with van der Waals surface area (Å²) in [6, 6.07) is 9.65. The van der Waals surface area contributed by atoms with Crippen LogP contribution in [0.1, 0.15) is 0 Å². The molecule has 2 N–H and O–H groups in total. The van der Waals surface area contributed by atoms with Crippen LogP contribution in [0, 0.1) is 0 Å². The van der Waals surface area contributed by atoms with Crippen LogP contribution in [0.5, 0.6) is 0 Å². The van der Waals surface area contributed by atoms with Crippen molar-refractivity contribution in [2.75, 3.05) is 5.73 Å². The number of aromatic nitrogens is 2. The number of halogens is 2. The molecule has 0 atom stereocenters. The van der Waals surface area contributed by atoms with Gasteiger partial charge in [0.05, 0.1) is 5.56 Å². The normalized spacial score (nSPS) is 10.7. The van der Waals surface area contributed by atoms with Gasteiger partial charge in [-0.25, -0.2) is 0 Å². The van der Waals surface area contributed by atoms with Crippen LogP contribution in [-0.2, 0) is 0 Å². The summed E-state index contributed by atoms with van der Waals surface area (Å²) in [5, 5.41) is 4.08. The van der Waals surface area contributed by atoms with Crippen molar-refractivity contribution in [2.45, 2.75) is 0 Å². The topological polar surface area (TPSA) is 64.9 Å². The molecule has 0 aliphatic carbocycles. The summed E-state index contributed by atoms with van der Waals surface area (Å²) in [4.78, 5) is 4.11. The lowest BCUT2D eigenvalue weighted by atomic mass is 10.0. The molecule has 3 rings (SSSR count). The second-order valence-electron chi connectivity index (χ2n) is 4.17. The summed E-state index contributed by atoms with van der Waals surface area (Å²) in [6.45, 7) is 0. The first-order chi connectivity index (χ1) is 9.65.